The molecule has 2 atom stereocenters. The predicted molar refractivity (Wildman–Crippen MR) is 159 cm³/mol. The monoisotopic (exact) mass is 538 g/mol. The van der Waals surface area contributed by atoms with E-state index in [4.69, 9.17) is 0 Å². The molecule has 0 aliphatic heterocycles. The van der Waals surface area contributed by atoms with E-state index < -0.39 is 16.9 Å². The summed E-state index contributed by atoms with van der Waals surface area (Å²) in [7, 11) is -1.55. The van der Waals surface area contributed by atoms with Crippen LogP contribution in [0.5, 0.6) is 0 Å². The molecule has 5 heteroatoms. The molecule has 0 saturated carbocycles. The fourth-order valence-corrected chi connectivity index (χ4v) is 7.54. The first kappa shape index (κ1) is 29.6. The molecule has 0 radical (unpaired) electrons. The summed E-state index contributed by atoms with van der Waals surface area (Å²) in [6.45, 7) is 18.9. The number of hydrogen-bond donors (Lipinski definition) is 1. The molecule has 0 spiro atoms. The summed E-state index contributed by atoms with van der Waals surface area (Å²) in [4.78, 5) is 14.2. The topological polar surface area (TPSA) is 54.4 Å². The summed E-state index contributed by atoms with van der Waals surface area (Å²) in [5, 5.41) is 13.1. The Morgan fingerprint density at radius 1 is 0.838 bits per heavy atom. The molecular weight excluding hydrogens is 496 g/mol. The molecule has 0 bridgehead atoms. The molecule has 0 heterocycles. The maximum absolute atomic E-state index is 14.7. The summed E-state index contributed by atoms with van der Waals surface area (Å²) in [5.74, 6) is 0.727. The minimum absolute atomic E-state index is 0.0230. The number of rotatable bonds is 8. The zero-order valence-corrected chi connectivity index (χ0v) is 25.3. The van der Waals surface area contributed by atoms with Gasteiger partial charge in [-0.15, -0.1) is 0 Å². The molecular formula is C32H42O3S2. The Morgan fingerprint density at radius 2 is 1.41 bits per heavy atom. The van der Waals surface area contributed by atoms with E-state index in [1.807, 2.05) is 57.2 Å². The van der Waals surface area contributed by atoms with Crippen LogP contribution in [0.3, 0.4) is 0 Å². The molecule has 200 valence electrons. The van der Waals surface area contributed by atoms with Crippen molar-refractivity contribution in [2.45, 2.75) is 107 Å². The lowest BCUT2D eigenvalue weighted by molar-refractivity contribution is -0.112. The Hall–Kier alpha value is -1.95. The van der Waals surface area contributed by atoms with Gasteiger partial charge in [-0.2, -0.15) is 0 Å². The highest BCUT2D eigenvalue weighted by atomic mass is 32.2. The third-order valence-corrected chi connectivity index (χ3v) is 9.17. The normalized spacial score (nSPS) is 14.1. The fourth-order valence-electron chi connectivity index (χ4n) is 4.59. The third kappa shape index (κ3) is 6.93. The smallest absolute Gasteiger partial charge is 0.192 e. The van der Waals surface area contributed by atoms with E-state index in [0.717, 1.165) is 26.8 Å². The predicted octanol–water partition coefficient (Wildman–Crippen LogP) is 8.86. The Bertz CT molecular complexity index is 1270. The van der Waals surface area contributed by atoms with Gasteiger partial charge in [0.05, 0.1) is 26.7 Å². The molecule has 3 rings (SSSR count). The molecule has 0 saturated heterocycles. The highest BCUT2D eigenvalue weighted by molar-refractivity contribution is 8.14. The number of carbonyl (C=O) groups is 1. The van der Waals surface area contributed by atoms with Gasteiger partial charge in [0, 0.05) is 11.2 Å². The van der Waals surface area contributed by atoms with Crippen LogP contribution in [-0.4, -0.2) is 19.2 Å². The lowest BCUT2D eigenvalue weighted by atomic mass is 9.89. The van der Waals surface area contributed by atoms with Crippen molar-refractivity contribution in [2.24, 2.45) is 0 Å². The number of hydrogen-bond acceptors (Lipinski definition) is 4. The van der Waals surface area contributed by atoms with E-state index >= 15 is 0 Å². The molecule has 3 aromatic carbocycles. The van der Waals surface area contributed by atoms with Crippen LogP contribution in [0.2, 0.25) is 0 Å². The van der Waals surface area contributed by atoms with Crippen LogP contribution in [0, 0.1) is 0 Å². The van der Waals surface area contributed by atoms with Crippen LogP contribution in [0.25, 0.3) is 10.8 Å². The third-order valence-electron chi connectivity index (χ3n) is 6.50. The van der Waals surface area contributed by atoms with Crippen molar-refractivity contribution in [2.75, 3.05) is 0 Å². The van der Waals surface area contributed by atoms with Crippen LogP contribution in [-0.2, 0) is 15.6 Å². The molecule has 0 aliphatic rings. The van der Waals surface area contributed by atoms with Crippen LogP contribution in [0.15, 0.2) is 58.3 Å². The van der Waals surface area contributed by atoms with Crippen LogP contribution >= 0.6 is 11.8 Å². The second kappa shape index (κ2) is 11.8. The summed E-state index contributed by atoms with van der Waals surface area (Å²) >= 11 is 1.24. The van der Waals surface area contributed by atoms with E-state index in [9.17, 15) is 14.1 Å². The number of aliphatic hydroxyl groups excluding tert-OH is 1. The highest BCUT2D eigenvalue weighted by Gasteiger charge is 2.28. The van der Waals surface area contributed by atoms with Gasteiger partial charge < -0.3 is 5.11 Å². The van der Waals surface area contributed by atoms with E-state index in [2.05, 4.69) is 53.7 Å². The number of fused-ring (bicyclic) bond motifs is 1. The highest BCUT2D eigenvalue weighted by Crippen LogP contribution is 2.41. The standard InChI is InChI=1S/C32H42O3S2/c1-19(2)23-16-26(20(3)4)31(27(17-23)21(5)6)37(35)30-24-13-11-10-12-22(24)14-15-25(30)28(33)18-29(34)36-32(7,8)9/h10-17,19-21,28,33H,18H2,1-9H3/t28-,37?/m1/s1. The Balaban J connectivity index is 2.27. The van der Waals surface area contributed by atoms with Gasteiger partial charge in [0.15, 0.2) is 5.12 Å². The quantitative estimate of drug-likeness (QED) is 0.311. The van der Waals surface area contributed by atoms with Gasteiger partial charge in [0.1, 0.15) is 0 Å². The Morgan fingerprint density at radius 3 is 1.92 bits per heavy atom. The van der Waals surface area contributed by atoms with Crippen molar-refractivity contribution in [3.63, 3.8) is 0 Å². The Labute approximate surface area is 229 Å². The van der Waals surface area contributed by atoms with Gasteiger partial charge >= 0.3 is 0 Å². The van der Waals surface area contributed by atoms with Gasteiger partial charge in [0.2, 0.25) is 0 Å². The van der Waals surface area contributed by atoms with Crippen molar-refractivity contribution in [1.82, 2.24) is 0 Å². The minimum atomic E-state index is -1.55. The first-order chi connectivity index (χ1) is 17.2. The number of aliphatic hydroxyl groups is 1. The number of thioether (sulfide) groups is 1. The van der Waals surface area contributed by atoms with Crippen molar-refractivity contribution in [1.29, 1.82) is 0 Å². The van der Waals surface area contributed by atoms with Crippen molar-refractivity contribution < 1.29 is 14.1 Å². The molecule has 0 fully saturated rings. The first-order valence-electron chi connectivity index (χ1n) is 13.2. The second-order valence-electron chi connectivity index (χ2n) is 11.8. The van der Waals surface area contributed by atoms with Crippen LogP contribution in [0.4, 0.5) is 0 Å². The summed E-state index contributed by atoms with van der Waals surface area (Å²) in [6.07, 6.45) is -1.06. The number of benzene rings is 3. The SMILES string of the molecule is CC(C)c1cc(C(C)C)c(S(=O)c2c([C@H](O)CC(=O)SC(C)(C)C)ccc3ccccc23)c(C(C)C)c1. The van der Waals surface area contributed by atoms with E-state index in [0.29, 0.717) is 16.4 Å². The van der Waals surface area contributed by atoms with Crippen molar-refractivity contribution in [3.05, 3.63) is 70.8 Å². The van der Waals surface area contributed by atoms with E-state index in [1.165, 1.54) is 17.3 Å². The first-order valence-corrected chi connectivity index (χ1v) is 15.2. The summed E-state index contributed by atoms with van der Waals surface area (Å²) in [5.41, 5.74) is 3.98. The summed E-state index contributed by atoms with van der Waals surface area (Å²) in [6, 6.07) is 16.1. The molecule has 3 nitrogen and oxygen atoms in total. The average Bonchev–Trinajstić information content (AvgIpc) is 2.80. The fraction of sp³-hybridized carbons (Fsp3) is 0.469. The molecule has 1 unspecified atom stereocenters. The molecule has 0 aromatic heterocycles. The molecule has 1 N–H and O–H groups in total. The Kier molecular flexibility index (Phi) is 9.47. The van der Waals surface area contributed by atoms with Crippen LogP contribution < -0.4 is 0 Å². The maximum Gasteiger partial charge on any atom is 0.192 e. The van der Waals surface area contributed by atoms with Crippen LogP contribution in [0.1, 0.15) is 115 Å². The van der Waals surface area contributed by atoms with E-state index in [1.54, 1.807) is 0 Å². The van der Waals surface area contributed by atoms with Crippen molar-refractivity contribution in [3.8, 4) is 0 Å². The number of carbonyl (C=O) groups excluding carboxylic acids is 1. The van der Waals surface area contributed by atoms with E-state index in [-0.39, 0.29) is 28.1 Å². The van der Waals surface area contributed by atoms with Gasteiger partial charge in [-0.05, 0) is 50.8 Å². The molecule has 37 heavy (non-hydrogen) atoms. The minimum Gasteiger partial charge on any atom is -0.388 e. The molecule has 0 amide bonds. The lowest BCUT2D eigenvalue weighted by Gasteiger charge is -2.25. The summed E-state index contributed by atoms with van der Waals surface area (Å²) < 4.78 is 14.5. The zero-order valence-electron chi connectivity index (χ0n) is 23.7. The van der Waals surface area contributed by atoms with Gasteiger partial charge in [-0.25, -0.2) is 4.21 Å². The largest absolute Gasteiger partial charge is 0.388 e. The van der Waals surface area contributed by atoms with Gasteiger partial charge in [-0.3, -0.25) is 4.79 Å². The van der Waals surface area contributed by atoms with Gasteiger partial charge in [-0.1, -0.05) is 123 Å². The molecule has 0 aliphatic carbocycles. The second-order valence-corrected chi connectivity index (χ2v) is 15.0. The zero-order chi connectivity index (χ0) is 27.7. The molecule has 3 aromatic rings. The average molecular weight is 539 g/mol. The lowest BCUT2D eigenvalue weighted by Crippen LogP contribution is -2.15. The maximum atomic E-state index is 14.7. The van der Waals surface area contributed by atoms with Crippen molar-refractivity contribution >= 4 is 38.4 Å². The van der Waals surface area contributed by atoms with Gasteiger partial charge in [0.25, 0.3) is 0 Å².